The summed E-state index contributed by atoms with van der Waals surface area (Å²) < 4.78 is 55.3. The first kappa shape index (κ1) is 44.7. The van der Waals surface area contributed by atoms with E-state index in [0.717, 1.165) is 36.3 Å². The molecule has 0 fully saturated rings. The van der Waals surface area contributed by atoms with Crippen molar-refractivity contribution < 1.29 is 52.4 Å². The van der Waals surface area contributed by atoms with Gasteiger partial charge in [0.05, 0.1) is 16.5 Å². The minimum atomic E-state index is -4.40. The SMILES string of the molecule is CCN(CC)CCN(Cc1ccc(-c2ccc(C(F)(F)F)cc2)cc1)C(=O)Cn1c(CCc2ccccc2F)nc(=O)c2ccccc21.O=C(O)[C@H](O)[C@@H](O)C(=O)O. The van der Waals surface area contributed by atoms with Crippen LogP contribution in [0.2, 0.25) is 0 Å². The molecule has 0 aliphatic heterocycles. The number of aliphatic carboxylic acids is 2. The van der Waals surface area contributed by atoms with Gasteiger partial charge < -0.3 is 34.8 Å². The summed E-state index contributed by atoms with van der Waals surface area (Å²) in [5.74, 6) is -3.64. The number of aliphatic hydroxyl groups excluding tert-OH is 2. The van der Waals surface area contributed by atoms with E-state index in [1.54, 1.807) is 51.9 Å². The van der Waals surface area contributed by atoms with Gasteiger partial charge in [-0.1, -0.05) is 80.6 Å². The average molecular weight is 809 g/mol. The van der Waals surface area contributed by atoms with Crippen molar-refractivity contribution in [2.45, 2.75) is 58.2 Å². The molecule has 2 atom stereocenters. The van der Waals surface area contributed by atoms with Crippen LogP contribution in [0.1, 0.15) is 36.4 Å². The molecule has 0 aliphatic rings. The Kier molecular flexibility index (Phi) is 15.8. The van der Waals surface area contributed by atoms with Gasteiger partial charge in [-0.25, -0.2) is 14.0 Å². The molecule has 0 radical (unpaired) electrons. The highest BCUT2D eigenvalue weighted by Crippen LogP contribution is 2.31. The Bertz CT molecular complexity index is 2210. The van der Waals surface area contributed by atoms with Crippen LogP contribution in [0, 0.1) is 5.82 Å². The number of benzene rings is 4. The third-order valence-corrected chi connectivity index (χ3v) is 9.45. The minimum Gasteiger partial charge on any atom is -0.479 e. The molecule has 0 saturated heterocycles. The first-order chi connectivity index (χ1) is 27.5. The number of carboxylic acid groups (broad SMARTS) is 2. The first-order valence-electron chi connectivity index (χ1n) is 18.3. The van der Waals surface area contributed by atoms with Gasteiger partial charge in [0.15, 0.2) is 12.2 Å². The predicted octanol–water partition coefficient (Wildman–Crippen LogP) is 5.25. The number of carbonyl (C=O) groups excluding carboxylic acids is 1. The standard InChI is InChI=1S/C38H38F4N4O2.C4H6O6/c1-3-44(4-2)23-24-45(25-27-13-15-28(16-14-27)29-17-20-31(21-18-29)38(40,41)42)36(47)26-46-34-12-8-6-10-32(34)37(48)43-35(46)22-19-30-9-5-7-11-33(30)39;5-1(3(7)8)2(6)4(9)10/h5-18,20-21H,3-4,19,22-26H2,1-2H3;1-2,5-6H,(H,7,8)(H,9,10)/t;1-,2-/m.1/s1. The fourth-order valence-electron chi connectivity index (χ4n) is 6.06. The number of para-hydroxylation sites is 1. The van der Waals surface area contributed by atoms with E-state index in [1.165, 1.54) is 18.2 Å². The van der Waals surface area contributed by atoms with E-state index in [9.17, 15) is 36.7 Å². The van der Waals surface area contributed by atoms with Crippen LogP contribution in [0.3, 0.4) is 0 Å². The number of likely N-dealkylation sites (N-methyl/N-ethyl adjacent to an activating group) is 1. The lowest BCUT2D eigenvalue weighted by molar-refractivity contribution is -0.165. The quantitative estimate of drug-likeness (QED) is 0.0965. The number of nitrogens with zero attached hydrogens (tertiary/aromatic N) is 4. The van der Waals surface area contributed by atoms with Gasteiger partial charge in [-0.05, 0) is 72.1 Å². The second kappa shape index (κ2) is 20.5. The summed E-state index contributed by atoms with van der Waals surface area (Å²) in [5, 5.41) is 32.9. The van der Waals surface area contributed by atoms with E-state index in [0.29, 0.717) is 53.9 Å². The number of hydrogen-bond donors (Lipinski definition) is 4. The number of alkyl halides is 3. The summed E-state index contributed by atoms with van der Waals surface area (Å²) in [7, 11) is 0. The number of hydrogen-bond acceptors (Lipinski definition) is 8. The Balaban J connectivity index is 0.000000657. The maximum Gasteiger partial charge on any atom is 0.416 e. The van der Waals surface area contributed by atoms with Crippen molar-refractivity contribution in [3.8, 4) is 11.1 Å². The number of carboxylic acids is 2. The summed E-state index contributed by atoms with van der Waals surface area (Å²) in [6.45, 7) is 7.14. The monoisotopic (exact) mass is 808 g/mol. The van der Waals surface area contributed by atoms with Crippen LogP contribution >= 0.6 is 0 Å². The van der Waals surface area contributed by atoms with Gasteiger partial charge in [-0.3, -0.25) is 9.59 Å². The van der Waals surface area contributed by atoms with Crippen LogP contribution in [-0.4, -0.2) is 96.0 Å². The fourth-order valence-corrected chi connectivity index (χ4v) is 6.06. The van der Waals surface area contributed by atoms with Gasteiger partial charge in [0.25, 0.3) is 5.56 Å². The Hall–Kier alpha value is -5.97. The number of halogens is 4. The van der Waals surface area contributed by atoms with Crippen molar-refractivity contribution in [2.24, 2.45) is 0 Å². The Morgan fingerprint density at radius 2 is 1.31 bits per heavy atom. The Morgan fingerprint density at radius 1 is 0.759 bits per heavy atom. The molecular formula is C42H44F4N4O8. The lowest BCUT2D eigenvalue weighted by atomic mass is 10.0. The lowest BCUT2D eigenvalue weighted by Gasteiger charge is -2.28. The summed E-state index contributed by atoms with van der Waals surface area (Å²) in [5.41, 5.74) is 2.26. The summed E-state index contributed by atoms with van der Waals surface area (Å²) >= 11 is 0. The Morgan fingerprint density at radius 3 is 1.86 bits per heavy atom. The molecule has 5 aromatic rings. The maximum absolute atomic E-state index is 14.4. The molecular weight excluding hydrogens is 764 g/mol. The molecule has 16 heteroatoms. The largest absolute Gasteiger partial charge is 0.479 e. The highest BCUT2D eigenvalue weighted by molar-refractivity contribution is 5.83. The van der Waals surface area contributed by atoms with E-state index in [-0.39, 0.29) is 24.7 Å². The molecule has 0 unspecified atom stereocenters. The van der Waals surface area contributed by atoms with Gasteiger partial charge in [-0.2, -0.15) is 18.2 Å². The van der Waals surface area contributed by atoms with Crippen LogP contribution in [0.5, 0.6) is 0 Å². The third kappa shape index (κ3) is 12.0. The van der Waals surface area contributed by atoms with Crippen LogP contribution in [-0.2, 0) is 46.5 Å². The zero-order valence-electron chi connectivity index (χ0n) is 31.8. The number of aryl methyl sites for hydroxylation is 2. The van der Waals surface area contributed by atoms with Crippen molar-refractivity contribution >= 4 is 28.7 Å². The molecule has 0 saturated carbocycles. The van der Waals surface area contributed by atoms with Crippen molar-refractivity contribution in [1.29, 1.82) is 0 Å². The predicted molar refractivity (Wildman–Crippen MR) is 207 cm³/mol. The summed E-state index contributed by atoms with van der Waals surface area (Å²) in [6.07, 6.45) is -8.36. The van der Waals surface area contributed by atoms with E-state index in [1.807, 2.05) is 24.3 Å². The zero-order valence-corrected chi connectivity index (χ0v) is 31.8. The first-order valence-corrected chi connectivity index (χ1v) is 18.3. The molecule has 4 aromatic carbocycles. The molecule has 1 aromatic heterocycles. The van der Waals surface area contributed by atoms with Crippen molar-refractivity contribution in [3.05, 3.63) is 136 Å². The summed E-state index contributed by atoms with van der Waals surface area (Å²) in [4.78, 5) is 55.0. The molecule has 1 amide bonds. The number of rotatable bonds is 16. The van der Waals surface area contributed by atoms with Crippen molar-refractivity contribution in [2.75, 3.05) is 26.2 Å². The van der Waals surface area contributed by atoms with Gasteiger partial charge in [0, 0.05) is 26.1 Å². The minimum absolute atomic E-state index is 0.0672. The number of aromatic nitrogens is 2. The lowest BCUT2D eigenvalue weighted by Crippen LogP contribution is -2.40. The summed E-state index contributed by atoms with van der Waals surface area (Å²) in [6, 6.07) is 26.0. The zero-order chi connectivity index (χ0) is 42.6. The van der Waals surface area contributed by atoms with Crippen molar-refractivity contribution in [3.63, 3.8) is 0 Å². The van der Waals surface area contributed by atoms with E-state index < -0.39 is 41.4 Å². The van der Waals surface area contributed by atoms with E-state index >= 15 is 0 Å². The van der Waals surface area contributed by atoms with E-state index in [4.69, 9.17) is 20.4 Å². The molecule has 58 heavy (non-hydrogen) atoms. The van der Waals surface area contributed by atoms with Gasteiger partial charge in [0.1, 0.15) is 18.2 Å². The average Bonchev–Trinajstić information content (AvgIpc) is 3.21. The number of fused-ring (bicyclic) bond motifs is 1. The highest BCUT2D eigenvalue weighted by Gasteiger charge is 2.30. The molecule has 12 nitrogen and oxygen atoms in total. The molecule has 0 spiro atoms. The third-order valence-electron chi connectivity index (χ3n) is 9.45. The molecule has 4 N–H and O–H groups in total. The smallest absolute Gasteiger partial charge is 0.416 e. The molecule has 0 bridgehead atoms. The molecule has 0 aliphatic carbocycles. The van der Waals surface area contributed by atoms with Crippen LogP contribution in [0.15, 0.2) is 102 Å². The van der Waals surface area contributed by atoms with Crippen LogP contribution in [0.25, 0.3) is 22.0 Å². The van der Waals surface area contributed by atoms with Crippen molar-refractivity contribution in [1.82, 2.24) is 19.4 Å². The van der Waals surface area contributed by atoms with Gasteiger partial charge >= 0.3 is 18.1 Å². The van der Waals surface area contributed by atoms with E-state index in [2.05, 4.69) is 23.7 Å². The van der Waals surface area contributed by atoms with Crippen LogP contribution in [0.4, 0.5) is 17.6 Å². The highest BCUT2D eigenvalue weighted by atomic mass is 19.4. The number of aliphatic hydroxyl groups is 2. The maximum atomic E-state index is 14.4. The second-order valence-corrected chi connectivity index (χ2v) is 13.2. The number of carbonyl (C=O) groups is 3. The second-order valence-electron chi connectivity index (χ2n) is 13.2. The fraction of sp³-hybridized carbons (Fsp3) is 0.310. The normalized spacial score (nSPS) is 12.4. The number of amides is 1. The molecule has 5 rings (SSSR count). The Labute approximate surface area is 331 Å². The van der Waals surface area contributed by atoms with Gasteiger partial charge in [0.2, 0.25) is 5.91 Å². The topological polar surface area (TPSA) is 174 Å². The molecule has 1 heterocycles. The van der Waals surface area contributed by atoms with Gasteiger partial charge in [-0.15, -0.1) is 0 Å². The molecule has 308 valence electrons. The van der Waals surface area contributed by atoms with Crippen LogP contribution < -0.4 is 5.56 Å².